The van der Waals surface area contributed by atoms with E-state index in [4.69, 9.17) is 4.74 Å². The van der Waals surface area contributed by atoms with Gasteiger partial charge >= 0.3 is 6.09 Å². The second-order valence-electron chi connectivity index (χ2n) is 5.81. The van der Waals surface area contributed by atoms with E-state index < -0.39 is 5.60 Å². The van der Waals surface area contributed by atoms with Crippen LogP contribution in [0.25, 0.3) is 0 Å². The van der Waals surface area contributed by atoms with Gasteiger partial charge in [-0.2, -0.15) is 0 Å². The van der Waals surface area contributed by atoms with Gasteiger partial charge in [-0.05, 0) is 39.8 Å². The summed E-state index contributed by atoms with van der Waals surface area (Å²) >= 11 is 0. The van der Waals surface area contributed by atoms with Gasteiger partial charge in [-0.25, -0.2) is 4.79 Å². The normalized spacial score (nSPS) is 12.8. The fourth-order valence-electron chi connectivity index (χ4n) is 1.62. The highest BCUT2D eigenvalue weighted by Gasteiger charge is 2.16. The van der Waals surface area contributed by atoms with Crippen LogP contribution in [0.15, 0.2) is 24.4 Å². The summed E-state index contributed by atoms with van der Waals surface area (Å²) < 4.78 is 5.17. The molecule has 1 atom stereocenters. The number of aromatic nitrogens is 1. The Kier molecular flexibility index (Phi) is 6.45. The predicted octanol–water partition coefficient (Wildman–Crippen LogP) is 2.13. The number of carbonyl (C=O) groups is 1. The second kappa shape index (κ2) is 7.85. The minimum Gasteiger partial charge on any atom is -0.444 e. The highest BCUT2D eigenvalue weighted by atomic mass is 16.6. The number of amides is 1. The molecule has 0 aliphatic heterocycles. The fourth-order valence-corrected chi connectivity index (χ4v) is 1.62. The number of rotatable bonds is 6. The molecule has 0 aromatic carbocycles. The minimum atomic E-state index is -0.459. The molecule has 0 fully saturated rings. The van der Waals surface area contributed by atoms with Crippen molar-refractivity contribution in [2.75, 3.05) is 13.1 Å². The number of ether oxygens (including phenoxy) is 1. The molecule has 5 heteroatoms. The molecule has 0 spiro atoms. The van der Waals surface area contributed by atoms with Crippen LogP contribution in [-0.4, -0.2) is 35.8 Å². The quantitative estimate of drug-likeness (QED) is 0.837. The van der Waals surface area contributed by atoms with Crippen LogP contribution in [0.1, 0.15) is 33.4 Å². The zero-order valence-electron chi connectivity index (χ0n) is 12.8. The summed E-state index contributed by atoms with van der Waals surface area (Å²) in [4.78, 5) is 15.7. The van der Waals surface area contributed by atoms with Crippen LogP contribution < -0.4 is 10.6 Å². The molecule has 20 heavy (non-hydrogen) atoms. The number of nitrogens with one attached hydrogen (secondary N) is 2. The number of hydrogen-bond donors (Lipinski definition) is 2. The number of pyridine rings is 1. The van der Waals surface area contributed by atoms with E-state index in [2.05, 4.69) is 15.6 Å². The molecular weight excluding hydrogens is 254 g/mol. The van der Waals surface area contributed by atoms with Crippen molar-refractivity contribution in [3.63, 3.8) is 0 Å². The first kappa shape index (κ1) is 16.4. The topological polar surface area (TPSA) is 63.2 Å². The summed E-state index contributed by atoms with van der Waals surface area (Å²) in [7, 11) is 0. The van der Waals surface area contributed by atoms with Crippen molar-refractivity contribution < 1.29 is 9.53 Å². The average Bonchev–Trinajstić information content (AvgIpc) is 2.36. The third-order valence-corrected chi connectivity index (χ3v) is 2.55. The molecule has 1 unspecified atom stereocenters. The van der Waals surface area contributed by atoms with Crippen LogP contribution in [0.5, 0.6) is 0 Å². The van der Waals surface area contributed by atoms with Crippen molar-refractivity contribution >= 4 is 6.09 Å². The number of nitrogens with zero attached hydrogens (tertiary/aromatic N) is 1. The first-order chi connectivity index (χ1) is 9.37. The van der Waals surface area contributed by atoms with Gasteiger partial charge in [-0.3, -0.25) is 4.98 Å². The Morgan fingerprint density at radius 2 is 2.15 bits per heavy atom. The maximum absolute atomic E-state index is 11.5. The number of alkyl carbamates (subject to hydrolysis) is 1. The van der Waals surface area contributed by atoms with E-state index in [-0.39, 0.29) is 12.1 Å². The summed E-state index contributed by atoms with van der Waals surface area (Å²) in [6.45, 7) is 8.93. The molecule has 1 rings (SSSR count). The lowest BCUT2D eigenvalue weighted by Gasteiger charge is -2.21. The zero-order valence-corrected chi connectivity index (χ0v) is 12.8. The lowest BCUT2D eigenvalue weighted by atomic mass is 10.2. The standard InChI is InChI=1S/C15H25N3O2/c1-12(11-18-14(19)20-15(2,3)4)16-10-8-13-7-5-6-9-17-13/h5-7,9,12,16H,8,10-11H2,1-4H3,(H,18,19). The Bertz CT molecular complexity index is 401. The summed E-state index contributed by atoms with van der Waals surface area (Å²) in [5.41, 5.74) is 0.604. The van der Waals surface area contributed by atoms with E-state index in [1.807, 2.05) is 45.9 Å². The highest BCUT2D eigenvalue weighted by Crippen LogP contribution is 2.06. The molecule has 1 aromatic rings. The van der Waals surface area contributed by atoms with Crippen molar-refractivity contribution in [2.45, 2.75) is 45.8 Å². The summed E-state index contributed by atoms with van der Waals surface area (Å²) in [5.74, 6) is 0. The zero-order chi connectivity index (χ0) is 15.0. The van der Waals surface area contributed by atoms with Gasteiger partial charge in [0.2, 0.25) is 0 Å². The molecule has 1 amide bonds. The molecule has 0 radical (unpaired) electrons. The molecule has 0 aliphatic carbocycles. The van der Waals surface area contributed by atoms with Crippen LogP contribution in [0.4, 0.5) is 4.79 Å². The van der Waals surface area contributed by atoms with E-state index >= 15 is 0 Å². The van der Waals surface area contributed by atoms with Gasteiger partial charge in [-0.1, -0.05) is 6.07 Å². The summed E-state index contributed by atoms with van der Waals surface area (Å²) in [6.07, 6.45) is 2.29. The SMILES string of the molecule is CC(CNC(=O)OC(C)(C)C)NCCc1ccccn1. The smallest absolute Gasteiger partial charge is 0.407 e. The van der Waals surface area contributed by atoms with Crippen LogP contribution in [-0.2, 0) is 11.2 Å². The lowest BCUT2D eigenvalue weighted by Crippen LogP contribution is -2.41. The molecule has 1 heterocycles. The van der Waals surface area contributed by atoms with Crippen LogP contribution in [0.2, 0.25) is 0 Å². The van der Waals surface area contributed by atoms with Gasteiger partial charge in [0.15, 0.2) is 0 Å². The fraction of sp³-hybridized carbons (Fsp3) is 0.600. The first-order valence-electron chi connectivity index (χ1n) is 6.97. The van der Waals surface area contributed by atoms with Gasteiger partial charge in [0, 0.05) is 37.4 Å². The number of hydrogen-bond acceptors (Lipinski definition) is 4. The molecular formula is C15H25N3O2. The Hall–Kier alpha value is -1.62. The van der Waals surface area contributed by atoms with E-state index in [1.165, 1.54) is 0 Å². The molecule has 2 N–H and O–H groups in total. The van der Waals surface area contributed by atoms with E-state index in [0.717, 1.165) is 18.7 Å². The Labute approximate surface area is 121 Å². The third-order valence-electron chi connectivity index (χ3n) is 2.55. The third kappa shape index (κ3) is 7.74. The maximum atomic E-state index is 11.5. The van der Waals surface area contributed by atoms with Crippen molar-refractivity contribution in [3.05, 3.63) is 30.1 Å². The second-order valence-corrected chi connectivity index (χ2v) is 5.81. The minimum absolute atomic E-state index is 0.186. The van der Waals surface area contributed by atoms with Gasteiger partial charge in [0.05, 0.1) is 0 Å². The molecule has 1 aromatic heterocycles. The predicted molar refractivity (Wildman–Crippen MR) is 79.6 cm³/mol. The van der Waals surface area contributed by atoms with E-state index in [0.29, 0.717) is 6.54 Å². The van der Waals surface area contributed by atoms with Gasteiger partial charge in [0.25, 0.3) is 0 Å². The van der Waals surface area contributed by atoms with Crippen molar-refractivity contribution in [1.29, 1.82) is 0 Å². The van der Waals surface area contributed by atoms with Crippen molar-refractivity contribution in [3.8, 4) is 0 Å². The first-order valence-corrected chi connectivity index (χ1v) is 6.97. The average molecular weight is 279 g/mol. The Morgan fingerprint density at radius 3 is 2.75 bits per heavy atom. The number of carbonyl (C=O) groups excluding carboxylic acids is 1. The molecule has 5 nitrogen and oxygen atoms in total. The Balaban J connectivity index is 2.14. The van der Waals surface area contributed by atoms with Gasteiger partial charge in [0.1, 0.15) is 5.60 Å². The summed E-state index contributed by atoms with van der Waals surface area (Å²) in [6, 6.07) is 6.08. The van der Waals surface area contributed by atoms with Crippen LogP contribution >= 0.6 is 0 Å². The van der Waals surface area contributed by atoms with Gasteiger partial charge in [-0.15, -0.1) is 0 Å². The van der Waals surface area contributed by atoms with E-state index in [9.17, 15) is 4.79 Å². The lowest BCUT2D eigenvalue weighted by molar-refractivity contribution is 0.0523. The van der Waals surface area contributed by atoms with Crippen molar-refractivity contribution in [2.24, 2.45) is 0 Å². The van der Waals surface area contributed by atoms with E-state index in [1.54, 1.807) is 6.20 Å². The summed E-state index contributed by atoms with van der Waals surface area (Å²) in [5, 5.41) is 6.09. The Morgan fingerprint density at radius 1 is 1.40 bits per heavy atom. The van der Waals surface area contributed by atoms with Crippen molar-refractivity contribution in [1.82, 2.24) is 15.6 Å². The molecule has 112 valence electrons. The van der Waals surface area contributed by atoms with Crippen LogP contribution in [0.3, 0.4) is 0 Å². The molecule has 0 saturated carbocycles. The van der Waals surface area contributed by atoms with Crippen LogP contribution in [0, 0.1) is 0 Å². The largest absolute Gasteiger partial charge is 0.444 e. The molecule has 0 bridgehead atoms. The molecule has 0 saturated heterocycles. The highest BCUT2D eigenvalue weighted by molar-refractivity contribution is 5.67. The molecule has 0 aliphatic rings. The maximum Gasteiger partial charge on any atom is 0.407 e. The van der Waals surface area contributed by atoms with Gasteiger partial charge < -0.3 is 15.4 Å². The monoisotopic (exact) mass is 279 g/mol.